The lowest BCUT2D eigenvalue weighted by molar-refractivity contribution is 0.0944. The van der Waals surface area contributed by atoms with E-state index in [0.717, 1.165) is 18.6 Å². The lowest BCUT2D eigenvalue weighted by Gasteiger charge is -2.40. The van der Waals surface area contributed by atoms with Crippen LogP contribution in [0.4, 0.5) is 0 Å². The highest BCUT2D eigenvalue weighted by Gasteiger charge is 2.38. The molecule has 3 heteroatoms. The molecule has 0 aromatic rings. The second-order valence-electron chi connectivity index (χ2n) is 6.95. The summed E-state index contributed by atoms with van der Waals surface area (Å²) in [7, 11) is 2.31. The standard InChI is InChI=1S/C14H29N3/c1-14(2,3)13(9-15)17-8-7-11-5-6-12(10-17)16(11)4/h11-13H,5-10,15H2,1-4H3. The van der Waals surface area contributed by atoms with Gasteiger partial charge < -0.3 is 5.73 Å². The van der Waals surface area contributed by atoms with E-state index in [1.807, 2.05) is 0 Å². The van der Waals surface area contributed by atoms with E-state index in [1.54, 1.807) is 0 Å². The summed E-state index contributed by atoms with van der Waals surface area (Å²) in [6.45, 7) is 10.2. The van der Waals surface area contributed by atoms with Crippen molar-refractivity contribution < 1.29 is 0 Å². The first-order valence-corrected chi connectivity index (χ1v) is 7.09. The summed E-state index contributed by atoms with van der Waals surface area (Å²) in [5.74, 6) is 0. The number of likely N-dealkylation sites (tertiary alicyclic amines) is 1. The van der Waals surface area contributed by atoms with E-state index in [9.17, 15) is 0 Å². The topological polar surface area (TPSA) is 32.5 Å². The average molecular weight is 239 g/mol. The van der Waals surface area contributed by atoms with E-state index >= 15 is 0 Å². The van der Waals surface area contributed by atoms with Crippen molar-refractivity contribution in [2.24, 2.45) is 11.1 Å². The van der Waals surface area contributed by atoms with Crippen LogP contribution in [0.25, 0.3) is 0 Å². The number of fused-ring (bicyclic) bond motifs is 2. The Morgan fingerprint density at radius 2 is 1.82 bits per heavy atom. The van der Waals surface area contributed by atoms with Crippen molar-refractivity contribution in [2.45, 2.75) is 58.2 Å². The molecule has 2 N–H and O–H groups in total. The third-order valence-corrected chi connectivity index (χ3v) is 4.84. The average Bonchev–Trinajstić information content (AvgIpc) is 2.44. The van der Waals surface area contributed by atoms with E-state index in [1.165, 1.54) is 32.4 Å². The molecule has 0 aromatic carbocycles. The fourth-order valence-electron chi connectivity index (χ4n) is 3.67. The Hall–Kier alpha value is -0.120. The summed E-state index contributed by atoms with van der Waals surface area (Å²) in [5, 5.41) is 0. The van der Waals surface area contributed by atoms with Crippen LogP contribution in [0.1, 0.15) is 40.0 Å². The smallest absolute Gasteiger partial charge is 0.0267 e. The van der Waals surface area contributed by atoms with Crippen molar-refractivity contribution in [1.82, 2.24) is 9.80 Å². The monoisotopic (exact) mass is 239 g/mol. The van der Waals surface area contributed by atoms with E-state index in [2.05, 4.69) is 37.6 Å². The highest BCUT2D eigenvalue weighted by atomic mass is 15.3. The lowest BCUT2D eigenvalue weighted by Crippen LogP contribution is -2.51. The highest BCUT2D eigenvalue weighted by Crippen LogP contribution is 2.32. The summed E-state index contributed by atoms with van der Waals surface area (Å²) >= 11 is 0. The van der Waals surface area contributed by atoms with Crippen molar-refractivity contribution in [1.29, 1.82) is 0 Å². The maximum atomic E-state index is 6.02. The van der Waals surface area contributed by atoms with E-state index in [0.29, 0.717) is 6.04 Å². The molecule has 0 saturated carbocycles. The Kier molecular flexibility index (Phi) is 3.81. The first kappa shape index (κ1) is 13.3. The number of hydrogen-bond acceptors (Lipinski definition) is 3. The minimum atomic E-state index is 0.289. The molecule has 0 spiro atoms. The third-order valence-electron chi connectivity index (χ3n) is 4.84. The molecule has 3 atom stereocenters. The van der Waals surface area contributed by atoms with Crippen LogP contribution >= 0.6 is 0 Å². The van der Waals surface area contributed by atoms with Gasteiger partial charge in [0, 0.05) is 37.8 Å². The Balaban J connectivity index is 2.07. The number of nitrogens with two attached hydrogens (primary N) is 1. The second-order valence-corrected chi connectivity index (χ2v) is 6.95. The fourth-order valence-corrected chi connectivity index (χ4v) is 3.67. The predicted octanol–water partition coefficient (Wildman–Crippen LogP) is 1.53. The van der Waals surface area contributed by atoms with E-state index in [-0.39, 0.29) is 5.41 Å². The van der Waals surface area contributed by atoms with E-state index < -0.39 is 0 Å². The molecule has 0 aliphatic carbocycles. The van der Waals surface area contributed by atoms with Gasteiger partial charge in [-0.25, -0.2) is 0 Å². The third kappa shape index (κ3) is 2.67. The number of hydrogen-bond donors (Lipinski definition) is 1. The fraction of sp³-hybridized carbons (Fsp3) is 1.00. The predicted molar refractivity (Wildman–Crippen MR) is 73.1 cm³/mol. The van der Waals surface area contributed by atoms with Crippen molar-refractivity contribution in [3.05, 3.63) is 0 Å². The molecule has 17 heavy (non-hydrogen) atoms. The first-order chi connectivity index (χ1) is 7.93. The van der Waals surface area contributed by atoms with Crippen molar-refractivity contribution >= 4 is 0 Å². The van der Waals surface area contributed by atoms with Gasteiger partial charge in [0.05, 0.1) is 0 Å². The highest BCUT2D eigenvalue weighted by molar-refractivity contribution is 4.95. The Labute approximate surface area is 106 Å². The van der Waals surface area contributed by atoms with Crippen molar-refractivity contribution in [3.8, 4) is 0 Å². The summed E-state index contributed by atoms with van der Waals surface area (Å²) in [5.41, 5.74) is 6.31. The Morgan fingerprint density at radius 3 is 2.41 bits per heavy atom. The SMILES string of the molecule is CN1C2CCC1CN(C(CN)C(C)(C)C)CC2. The van der Waals surface area contributed by atoms with Crippen LogP contribution < -0.4 is 5.73 Å². The van der Waals surface area contributed by atoms with Gasteiger partial charge in [0.2, 0.25) is 0 Å². The quantitative estimate of drug-likeness (QED) is 0.793. The summed E-state index contributed by atoms with van der Waals surface area (Å²) in [6, 6.07) is 2.11. The van der Waals surface area contributed by atoms with Gasteiger partial charge in [-0.2, -0.15) is 0 Å². The molecule has 2 aliphatic rings. The van der Waals surface area contributed by atoms with Gasteiger partial charge in [-0.1, -0.05) is 20.8 Å². The summed E-state index contributed by atoms with van der Waals surface area (Å²) in [6.07, 6.45) is 4.09. The van der Waals surface area contributed by atoms with Gasteiger partial charge in [0.1, 0.15) is 0 Å². The second kappa shape index (κ2) is 4.87. The molecule has 2 saturated heterocycles. The molecule has 2 rings (SSSR count). The van der Waals surface area contributed by atoms with Crippen LogP contribution in [0.3, 0.4) is 0 Å². The van der Waals surface area contributed by atoms with Crippen LogP contribution in [0.5, 0.6) is 0 Å². The van der Waals surface area contributed by atoms with Gasteiger partial charge in [0.15, 0.2) is 0 Å². The minimum absolute atomic E-state index is 0.289. The number of nitrogens with zero attached hydrogens (tertiary/aromatic N) is 2. The maximum Gasteiger partial charge on any atom is 0.0267 e. The maximum absolute atomic E-state index is 6.02. The molecular weight excluding hydrogens is 210 g/mol. The zero-order chi connectivity index (χ0) is 12.6. The molecule has 3 nitrogen and oxygen atoms in total. The lowest BCUT2D eigenvalue weighted by atomic mass is 9.85. The van der Waals surface area contributed by atoms with E-state index in [4.69, 9.17) is 5.73 Å². The zero-order valence-electron chi connectivity index (χ0n) is 11.9. The summed E-state index contributed by atoms with van der Waals surface area (Å²) in [4.78, 5) is 5.26. The number of rotatable bonds is 2. The van der Waals surface area contributed by atoms with Gasteiger partial charge in [-0.05, 0) is 31.7 Å². The Morgan fingerprint density at radius 1 is 1.18 bits per heavy atom. The van der Waals surface area contributed by atoms with Crippen LogP contribution in [0, 0.1) is 5.41 Å². The molecule has 0 radical (unpaired) electrons. The molecular formula is C14H29N3. The number of likely N-dealkylation sites (N-methyl/N-ethyl adjacent to an activating group) is 1. The molecule has 2 heterocycles. The van der Waals surface area contributed by atoms with Crippen LogP contribution in [-0.4, -0.2) is 54.6 Å². The van der Waals surface area contributed by atoms with Crippen molar-refractivity contribution in [3.63, 3.8) is 0 Å². The largest absolute Gasteiger partial charge is 0.329 e. The van der Waals surface area contributed by atoms with Gasteiger partial charge in [0.25, 0.3) is 0 Å². The molecule has 3 unspecified atom stereocenters. The normalized spacial score (nSPS) is 33.7. The first-order valence-electron chi connectivity index (χ1n) is 7.09. The van der Waals surface area contributed by atoms with Gasteiger partial charge >= 0.3 is 0 Å². The van der Waals surface area contributed by atoms with Crippen LogP contribution in [-0.2, 0) is 0 Å². The molecule has 2 fully saturated rings. The molecule has 2 bridgehead atoms. The minimum Gasteiger partial charge on any atom is -0.329 e. The molecule has 0 aromatic heterocycles. The molecule has 0 amide bonds. The van der Waals surface area contributed by atoms with Crippen LogP contribution in [0.15, 0.2) is 0 Å². The van der Waals surface area contributed by atoms with Gasteiger partial charge in [-0.3, -0.25) is 9.80 Å². The van der Waals surface area contributed by atoms with Crippen LogP contribution in [0.2, 0.25) is 0 Å². The van der Waals surface area contributed by atoms with Gasteiger partial charge in [-0.15, -0.1) is 0 Å². The zero-order valence-corrected chi connectivity index (χ0v) is 11.9. The van der Waals surface area contributed by atoms with Crippen molar-refractivity contribution in [2.75, 3.05) is 26.7 Å². The molecule has 100 valence electrons. The Bertz CT molecular complexity index is 259. The summed E-state index contributed by atoms with van der Waals surface area (Å²) < 4.78 is 0. The molecule has 2 aliphatic heterocycles.